The monoisotopic (exact) mass is 374 g/mol. The number of nitrogens with zero attached hydrogens (tertiary/aromatic N) is 3. The number of nitrogens with two attached hydrogens (primary N) is 1. The zero-order valence-electron chi connectivity index (χ0n) is 16.5. The van der Waals surface area contributed by atoms with Gasteiger partial charge in [0.25, 0.3) is 5.91 Å². The van der Waals surface area contributed by atoms with E-state index in [1.54, 1.807) is 9.80 Å². The van der Waals surface area contributed by atoms with Crippen molar-refractivity contribution in [2.75, 3.05) is 26.7 Å². The summed E-state index contributed by atoms with van der Waals surface area (Å²) in [6, 6.07) is -0.315. The molecule has 0 aromatic heterocycles. The number of imide groups is 1. The molecule has 1 spiro atoms. The Morgan fingerprint density at radius 2 is 1.81 bits per heavy atom. The molecule has 0 unspecified atom stereocenters. The molecule has 2 N–H and O–H groups in total. The van der Waals surface area contributed by atoms with Gasteiger partial charge < -0.3 is 10.6 Å². The average Bonchev–Trinajstić information content (AvgIpc) is 2.89. The summed E-state index contributed by atoms with van der Waals surface area (Å²) in [5.74, 6) is -0.326. The van der Waals surface area contributed by atoms with Gasteiger partial charge in [-0.15, -0.1) is 0 Å². The minimum absolute atomic E-state index is 0.0395. The SMILES string of the molecule is CCC.CN1C(=O)N(C2=CC=CCC=C2)C2(CCN(C(=O)CN)CC2)C1=O. The molecular weight excluding hydrogens is 344 g/mol. The van der Waals surface area contributed by atoms with Crippen LogP contribution in [-0.2, 0) is 9.59 Å². The van der Waals surface area contributed by atoms with Gasteiger partial charge in [0.2, 0.25) is 5.91 Å². The van der Waals surface area contributed by atoms with E-state index in [-0.39, 0.29) is 24.4 Å². The quantitative estimate of drug-likeness (QED) is 0.749. The summed E-state index contributed by atoms with van der Waals surface area (Å²) in [5, 5.41) is 0. The fourth-order valence-corrected chi connectivity index (χ4v) is 3.60. The lowest BCUT2D eigenvalue weighted by molar-refractivity contribution is -0.139. The van der Waals surface area contributed by atoms with Crippen LogP contribution in [0.15, 0.2) is 36.1 Å². The minimum atomic E-state index is -0.911. The van der Waals surface area contributed by atoms with Crippen molar-refractivity contribution < 1.29 is 14.4 Å². The van der Waals surface area contributed by atoms with Crippen molar-refractivity contribution in [2.24, 2.45) is 5.73 Å². The van der Waals surface area contributed by atoms with Crippen LogP contribution in [-0.4, -0.2) is 64.8 Å². The van der Waals surface area contributed by atoms with Crippen LogP contribution in [0.2, 0.25) is 0 Å². The van der Waals surface area contributed by atoms with E-state index in [1.807, 2.05) is 30.4 Å². The molecule has 148 valence electrons. The van der Waals surface area contributed by atoms with E-state index in [0.717, 1.165) is 6.42 Å². The van der Waals surface area contributed by atoms with Crippen LogP contribution in [0, 0.1) is 0 Å². The summed E-state index contributed by atoms with van der Waals surface area (Å²) in [5.41, 5.74) is 5.23. The number of hydrogen-bond donors (Lipinski definition) is 1. The molecule has 3 aliphatic rings. The summed E-state index contributed by atoms with van der Waals surface area (Å²) in [7, 11) is 1.51. The van der Waals surface area contributed by atoms with Gasteiger partial charge in [0.05, 0.1) is 6.54 Å². The van der Waals surface area contributed by atoms with Gasteiger partial charge >= 0.3 is 6.03 Å². The molecule has 7 nitrogen and oxygen atoms in total. The smallest absolute Gasteiger partial charge is 0.331 e. The van der Waals surface area contributed by atoms with Gasteiger partial charge in [0.1, 0.15) is 5.54 Å². The van der Waals surface area contributed by atoms with E-state index in [2.05, 4.69) is 13.8 Å². The van der Waals surface area contributed by atoms with E-state index < -0.39 is 5.54 Å². The predicted molar refractivity (Wildman–Crippen MR) is 105 cm³/mol. The van der Waals surface area contributed by atoms with Gasteiger partial charge in [-0.3, -0.25) is 19.4 Å². The largest absolute Gasteiger partial charge is 0.341 e. The fourth-order valence-electron chi connectivity index (χ4n) is 3.60. The van der Waals surface area contributed by atoms with Gasteiger partial charge in [-0.25, -0.2) is 4.79 Å². The van der Waals surface area contributed by atoms with Gasteiger partial charge in [-0.1, -0.05) is 38.5 Å². The third-order valence-corrected chi connectivity index (χ3v) is 4.95. The number of hydrogen-bond acceptors (Lipinski definition) is 4. The highest BCUT2D eigenvalue weighted by Crippen LogP contribution is 2.39. The van der Waals surface area contributed by atoms with Crippen LogP contribution >= 0.6 is 0 Å². The van der Waals surface area contributed by atoms with E-state index >= 15 is 0 Å². The summed E-state index contributed by atoms with van der Waals surface area (Å²) >= 11 is 0. The number of allylic oxidation sites excluding steroid dienone is 5. The number of likely N-dealkylation sites (tertiary alicyclic amines) is 1. The highest BCUT2D eigenvalue weighted by molar-refractivity contribution is 6.08. The third-order valence-electron chi connectivity index (χ3n) is 4.95. The molecule has 0 bridgehead atoms. The van der Waals surface area contributed by atoms with Crippen LogP contribution in [0.25, 0.3) is 0 Å². The fraction of sp³-hybridized carbons (Fsp3) is 0.550. The Morgan fingerprint density at radius 1 is 1.19 bits per heavy atom. The van der Waals surface area contributed by atoms with E-state index in [1.165, 1.54) is 18.4 Å². The summed E-state index contributed by atoms with van der Waals surface area (Å²) < 4.78 is 0. The molecule has 2 heterocycles. The standard InChI is InChI=1S/C17H22N4O3.C3H8/c1-19-15(23)17(8-10-20(11-9-17)14(22)12-18)21(16(19)24)13-6-4-2-3-5-7-13;1-3-2/h2,4-7H,3,8-12,18H2,1H3;3H2,1-2H3. The van der Waals surface area contributed by atoms with E-state index in [0.29, 0.717) is 31.6 Å². The van der Waals surface area contributed by atoms with Gasteiger partial charge in [-0.05, 0) is 31.4 Å². The first-order valence-electron chi connectivity index (χ1n) is 9.56. The van der Waals surface area contributed by atoms with Crippen molar-refractivity contribution in [1.82, 2.24) is 14.7 Å². The number of likely N-dealkylation sites (N-methyl/N-ethyl adjacent to an activating group) is 1. The minimum Gasteiger partial charge on any atom is -0.341 e. The molecule has 4 amide bonds. The Bertz CT molecular complexity index is 673. The van der Waals surface area contributed by atoms with Crippen molar-refractivity contribution >= 4 is 17.8 Å². The Kier molecular flexibility index (Phi) is 6.96. The Morgan fingerprint density at radius 3 is 2.41 bits per heavy atom. The van der Waals surface area contributed by atoms with Crippen molar-refractivity contribution in [2.45, 2.75) is 45.1 Å². The highest BCUT2D eigenvalue weighted by atomic mass is 16.2. The molecule has 0 atom stereocenters. The second-order valence-electron chi connectivity index (χ2n) is 6.96. The number of carbonyl (C=O) groups is 3. The highest BCUT2D eigenvalue weighted by Gasteiger charge is 2.58. The molecule has 7 heteroatoms. The second-order valence-corrected chi connectivity index (χ2v) is 6.96. The Balaban J connectivity index is 0.000000817. The molecular formula is C20H30N4O3. The lowest BCUT2D eigenvalue weighted by atomic mass is 9.85. The first kappa shape index (κ1) is 20.9. The lowest BCUT2D eigenvalue weighted by Crippen LogP contribution is -2.57. The number of carbonyl (C=O) groups excluding carboxylic acids is 3. The molecule has 3 rings (SSSR count). The van der Waals surface area contributed by atoms with Crippen molar-refractivity contribution in [3.05, 3.63) is 36.1 Å². The van der Waals surface area contributed by atoms with E-state index in [4.69, 9.17) is 5.73 Å². The van der Waals surface area contributed by atoms with Gasteiger partial charge in [0, 0.05) is 25.8 Å². The zero-order valence-corrected chi connectivity index (χ0v) is 16.5. The Hall–Kier alpha value is -2.41. The molecule has 2 saturated heterocycles. The van der Waals surface area contributed by atoms with Crippen molar-refractivity contribution in [3.63, 3.8) is 0 Å². The molecule has 0 saturated carbocycles. The first-order chi connectivity index (χ1) is 12.9. The number of urea groups is 1. The van der Waals surface area contributed by atoms with E-state index in [9.17, 15) is 14.4 Å². The summed E-state index contributed by atoms with van der Waals surface area (Å²) in [4.78, 5) is 41.8. The van der Waals surface area contributed by atoms with Crippen LogP contribution in [0.4, 0.5) is 4.79 Å². The summed E-state index contributed by atoms with van der Waals surface area (Å²) in [6.07, 6.45) is 12.5. The normalized spacial score (nSPS) is 21.2. The maximum Gasteiger partial charge on any atom is 0.331 e. The third kappa shape index (κ3) is 3.98. The van der Waals surface area contributed by atoms with Crippen LogP contribution in [0.1, 0.15) is 39.5 Å². The second kappa shape index (κ2) is 8.99. The topological polar surface area (TPSA) is 87.0 Å². The number of amides is 4. The van der Waals surface area contributed by atoms with Crippen LogP contribution < -0.4 is 5.73 Å². The molecule has 0 radical (unpaired) electrons. The maximum absolute atomic E-state index is 12.8. The molecule has 27 heavy (non-hydrogen) atoms. The first-order valence-corrected chi connectivity index (χ1v) is 9.56. The van der Waals surface area contributed by atoms with Crippen molar-refractivity contribution in [3.8, 4) is 0 Å². The van der Waals surface area contributed by atoms with Crippen molar-refractivity contribution in [1.29, 1.82) is 0 Å². The number of piperidine rings is 1. The van der Waals surface area contributed by atoms with Crippen LogP contribution in [0.5, 0.6) is 0 Å². The molecule has 0 aromatic carbocycles. The van der Waals surface area contributed by atoms with Crippen LogP contribution in [0.3, 0.4) is 0 Å². The average molecular weight is 374 g/mol. The molecule has 1 aliphatic carbocycles. The summed E-state index contributed by atoms with van der Waals surface area (Å²) in [6.45, 7) is 5.06. The van der Waals surface area contributed by atoms with Gasteiger partial charge in [0.15, 0.2) is 0 Å². The zero-order chi connectivity index (χ0) is 20.0. The predicted octanol–water partition coefficient (Wildman–Crippen LogP) is 2.02. The maximum atomic E-state index is 12.8. The van der Waals surface area contributed by atoms with Gasteiger partial charge in [-0.2, -0.15) is 0 Å². The Labute approximate surface area is 161 Å². The molecule has 2 fully saturated rings. The number of rotatable bonds is 2. The lowest BCUT2D eigenvalue weighted by Gasteiger charge is -2.42. The molecule has 2 aliphatic heterocycles. The molecule has 0 aromatic rings.